The maximum absolute atomic E-state index is 12.8. The molecule has 0 saturated heterocycles. The highest BCUT2D eigenvalue weighted by Crippen LogP contribution is 2.26. The van der Waals surface area contributed by atoms with Crippen molar-refractivity contribution in [3.05, 3.63) is 29.2 Å². The third-order valence-electron chi connectivity index (χ3n) is 5.29. The van der Waals surface area contributed by atoms with Crippen LogP contribution in [0, 0.1) is 6.92 Å². The lowest BCUT2D eigenvalue weighted by Gasteiger charge is -2.24. The van der Waals surface area contributed by atoms with Crippen molar-refractivity contribution in [2.24, 2.45) is 11.6 Å². The molecule has 32 heavy (non-hydrogen) atoms. The summed E-state index contributed by atoms with van der Waals surface area (Å²) in [4.78, 5) is 16.4. The quantitative estimate of drug-likeness (QED) is 0.280. The number of aryl methyl sites for hydroxylation is 1. The Balaban J connectivity index is 1.97. The number of likely N-dealkylation sites (N-methyl/N-ethyl adjacent to an activating group) is 1. The molecule has 1 aromatic heterocycles. The van der Waals surface area contributed by atoms with Crippen LogP contribution in [0.25, 0.3) is 5.70 Å². The summed E-state index contributed by atoms with van der Waals surface area (Å²) in [6.07, 6.45) is 4.90. The summed E-state index contributed by atoms with van der Waals surface area (Å²) in [7, 11) is 1.59. The lowest BCUT2D eigenvalue weighted by Crippen LogP contribution is -2.36. The second kappa shape index (κ2) is 11.8. The Morgan fingerprint density at radius 2 is 2.00 bits per heavy atom. The van der Waals surface area contributed by atoms with Crippen LogP contribution in [0.2, 0.25) is 0 Å². The van der Waals surface area contributed by atoms with Gasteiger partial charge in [0.05, 0.1) is 42.0 Å². The van der Waals surface area contributed by atoms with E-state index in [0.29, 0.717) is 17.1 Å². The Bertz CT molecular complexity index is 790. The second-order valence-electron chi connectivity index (χ2n) is 8.29. The molecule has 10 heteroatoms. The summed E-state index contributed by atoms with van der Waals surface area (Å²) in [5, 5.41) is 3.82. The van der Waals surface area contributed by atoms with Gasteiger partial charge in [-0.15, -0.1) is 0 Å². The van der Waals surface area contributed by atoms with Crippen molar-refractivity contribution in [2.45, 2.75) is 70.8 Å². The van der Waals surface area contributed by atoms with Crippen LogP contribution in [0.4, 0.5) is 13.6 Å². The molecule has 0 radical (unpaired) electrons. The summed E-state index contributed by atoms with van der Waals surface area (Å²) >= 11 is 0. The number of nitrogens with one attached hydrogen (secondary N) is 1. The minimum Gasteiger partial charge on any atom is -0.489 e. The first kappa shape index (κ1) is 25.6. The van der Waals surface area contributed by atoms with Crippen molar-refractivity contribution in [3.8, 4) is 5.75 Å². The van der Waals surface area contributed by atoms with E-state index >= 15 is 0 Å². The number of nitrogens with two attached hydrogens (primary N) is 2. The van der Waals surface area contributed by atoms with Gasteiger partial charge in [-0.2, -0.15) is 0 Å². The Kier molecular flexibility index (Phi) is 9.49. The smallest absolute Gasteiger partial charge is 0.407 e. The summed E-state index contributed by atoms with van der Waals surface area (Å²) in [5.41, 5.74) is 8.23. The summed E-state index contributed by atoms with van der Waals surface area (Å²) in [6.45, 7) is 2.57. The zero-order valence-corrected chi connectivity index (χ0v) is 19.1. The lowest BCUT2D eigenvalue weighted by atomic mass is 9.98. The Morgan fingerprint density at radius 3 is 2.59 bits per heavy atom. The zero-order chi connectivity index (χ0) is 23.7. The average molecular weight is 456 g/mol. The topological polar surface area (TPSA) is 116 Å². The van der Waals surface area contributed by atoms with Crippen LogP contribution >= 0.6 is 0 Å². The first-order valence-corrected chi connectivity index (χ1v) is 11.0. The number of halogens is 2. The van der Waals surface area contributed by atoms with Crippen LogP contribution < -0.4 is 21.6 Å². The number of hydrazine groups is 1. The number of alkyl halides is 2. The maximum atomic E-state index is 12.8. The molecule has 180 valence electrons. The van der Waals surface area contributed by atoms with Gasteiger partial charge in [-0.05, 0) is 58.1 Å². The number of carbonyl (C=O) groups excluding carboxylic acids is 1. The van der Waals surface area contributed by atoms with Crippen molar-refractivity contribution in [1.29, 1.82) is 0 Å². The van der Waals surface area contributed by atoms with Gasteiger partial charge in [0.2, 0.25) is 5.92 Å². The Morgan fingerprint density at radius 1 is 1.31 bits per heavy atom. The highest BCUT2D eigenvalue weighted by Gasteiger charge is 2.21. The Labute approximate surface area is 188 Å². The number of hydrogen-bond donors (Lipinski definition) is 3. The van der Waals surface area contributed by atoms with Gasteiger partial charge in [0.25, 0.3) is 0 Å². The van der Waals surface area contributed by atoms with Crippen molar-refractivity contribution >= 4 is 11.8 Å². The number of pyridine rings is 1. The molecule has 5 N–H and O–H groups in total. The highest BCUT2D eigenvalue weighted by molar-refractivity contribution is 5.69. The number of hydrogen-bond acceptors (Lipinski definition) is 7. The fourth-order valence-electron chi connectivity index (χ4n) is 3.50. The van der Waals surface area contributed by atoms with E-state index in [1.165, 1.54) is 24.3 Å². The van der Waals surface area contributed by atoms with E-state index in [4.69, 9.17) is 21.1 Å². The third-order valence-corrected chi connectivity index (χ3v) is 5.29. The number of alkyl carbamates (subject to hydrolysis) is 1. The number of amides is 1. The minimum absolute atomic E-state index is 0.0113. The van der Waals surface area contributed by atoms with Gasteiger partial charge >= 0.3 is 6.09 Å². The van der Waals surface area contributed by atoms with Crippen molar-refractivity contribution < 1.29 is 23.0 Å². The molecule has 1 aliphatic rings. The van der Waals surface area contributed by atoms with Crippen LogP contribution in [0.5, 0.6) is 5.75 Å². The van der Waals surface area contributed by atoms with Crippen molar-refractivity contribution in [3.63, 3.8) is 0 Å². The van der Waals surface area contributed by atoms with E-state index in [1.807, 2.05) is 13.0 Å². The highest BCUT2D eigenvalue weighted by atomic mass is 19.3. The SMILES string of the molecule is Cc1nc(/C(N)=C(\CNC(=O)OCCCC(C)(F)F)N(C)N)ccc1OC1CCCCC1. The fraction of sp³-hybridized carbons (Fsp3) is 0.636. The first-order chi connectivity index (χ1) is 15.1. The zero-order valence-electron chi connectivity index (χ0n) is 19.1. The van der Waals surface area contributed by atoms with E-state index < -0.39 is 12.0 Å². The molecule has 1 aliphatic carbocycles. The molecule has 1 saturated carbocycles. The monoisotopic (exact) mass is 455 g/mol. The molecule has 0 spiro atoms. The van der Waals surface area contributed by atoms with E-state index in [2.05, 4.69) is 10.3 Å². The van der Waals surface area contributed by atoms with Gasteiger partial charge in [-0.3, -0.25) is 0 Å². The lowest BCUT2D eigenvalue weighted by molar-refractivity contribution is 0.00560. The molecule has 0 atom stereocenters. The van der Waals surface area contributed by atoms with E-state index in [0.717, 1.165) is 31.2 Å². The molecule has 1 fully saturated rings. The number of ether oxygens (including phenoxy) is 2. The number of nitrogens with zero attached hydrogens (tertiary/aromatic N) is 2. The number of rotatable bonds is 10. The fourth-order valence-corrected chi connectivity index (χ4v) is 3.50. The molecule has 8 nitrogen and oxygen atoms in total. The van der Waals surface area contributed by atoms with Crippen LogP contribution in [0.1, 0.15) is 63.3 Å². The minimum atomic E-state index is -2.78. The molecule has 1 heterocycles. The molecular formula is C22H35F2N5O3. The van der Waals surface area contributed by atoms with Crippen LogP contribution in [0.3, 0.4) is 0 Å². The van der Waals surface area contributed by atoms with Crippen LogP contribution in [-0.2, 0) is 4.74 Å². The van der Waals surface area contributed by atoms with Gasteiger partial charge in [0.1, 0.15) is 5.75 Å². The molecular weight excluding hydrogens is 420 g/mol. The van der Waals surface area contributed by atoms with E-state index in [1.54, 1.807) is 13.1 Å². The molecule has 0 aliphatic heterocycles. The van der Waals surface area contributed by atoms with Crippen molar-refractivity contribution in [2.75, 3.05) is 20.2 Å². The molecule has 0 aromatic carbocycles. The van der Waals surface area contributed by atoms with E-state index in [9.17, 15) is 13.6 Å². The summed E-state index contributed by atoms with van der Waals surface area (Å²) in [5.74, 6) is 3.84. The summed E-state index contributed by atoms with van der Waals surface area (Å²) in [6, 6.07) is 3.60. The van der Waals surface area contributed by atoms with Crippen LogP contribution in [-0.4, -0.2) is 48.3 Å². The van der Waals surface area contributed by atoms with Gasteiger partial charge < -0.3 is 25.5 Å². The standard InChI is InChI=1S/C22H35F2N5O3/c1-15-19(32-16-8-5-4-6-9-16)11-10-17(28-15)20(25)18(29(3)26)14-27-21(30)31-13-7-12-22(2,23)24/h10-11,16H,4-9,12-14,25-26H2,1-3H3,(H,27,30)/b20-18-. The molecule has 2 rings (SSSR count). The van der Waals surface area contributed by atoms with Crippen LogP contribution in [0.15, 0.2) is 17.8 Å². The first-order valence-electron chi connectivity index (χ1n) is 11.0. The largest absolute Gasteiger partial charge is 0.489 e. The van der Waals surface area contributed by atoms with E-state index in [-0.39, 0.29) is 32.1 Å². The van der Waals surface area contributed by atoms with Gasteiger partial charge in [-0.25, -0.2) is 24.4 Å². The predicted octanol–water partition coefficient (Wildman–Crippen LogP) is 3.70. The Hall–Kier alpha value is -2.62. The van der Waals surface area contributed by atoms with Gasteiger partial charge in [0, 0.05) is 13.5 Å². The molecule has 0 bridgehead atoms. The van der Waals surface area contributed by atoms with Crippen molar-refractivity contribution in [1.82, 2.24) is 15.3 Å². The number of carbonyl (C=O) groups is 1. The summed E-state index contributed by atoms with van der Waals surface area (Å²) < 4.78 is 36.6. The molecule has 1 aromatic rings. The van der Waals surface area contributed by atoms with Gasteiger partial charge in [0.15, 0.2) is 0 Å². The van der Waals surface area contributed by atoms with Gasteiger partial charge in [-0.1, -0.05) is 6.42 Å². The predicted molar refractivity (Wildman–Crippen MR) is 119 cm³/mol. The maximum Gasteiger partial charge on any atom is 0.407 e. The third kappa shape index (κ3) is 8.49. The second-order valence-corrected chi connectivity index (χ2v) is 8.29. The average Bonchev–Trinajstić information content (AvgIpc) is 2.72. The molecule has 1 amide bonds. The molecule has 0 unspecified atom stereocenters. The number of aromatic nitrogens is 1. The normalized spacial score (nSPS) is 15.7.